The third-order valence-corrected chi connectivity index (χ3v) is 4.00. The average molecular weight is 342 g/mol. The van der Waals surface area contributed by atoms with Crippen LogP contribution in [0.1, 0.15) is 0 Å². The second-order valence-electron chi connectivity index (χ2n) is 5.63. The summed E-state index contributed by atoms with van der Waals surface area (Å²) in [4.78, 5) is 0. The van der Waals surface area contributed by atoms with E-state index in [1.54, 1.807) is 0 Å². The van der Waals surface area contributed by atoms with Crippen molar-refractivity contribution < 1.29 is 55.1 Å². The van der Waals surface area contributed by atoms with E-state index in [2.05, 4.69) is 0 Å². The first kappa shape index (κ1) is 18.9. The molecule has 11 nitrogen and oxygen atoms in total. The molecule has 2 aliphatic rings. The van der Waals surface area contributed by atoms with Crippen LogP contribution in [0.3, 0.4) is 0 Å². The lowest BCUT2D eigenvalue weighted by Crippen LogP contribution is -2.60. The Kier molecular flexibility index (Phi) is 5.92. The van der Waals surface area contributed by atoms with Gasteiger partial charge in [-0.25, -0.2) is 0 Å². The van der Waals surface area contributed by atoms with Crippen molar-refractivity contribution in [2.24, 2.45) is 0 Å². The van der Waals surface area contributed by atoms with Gasteiger partial charge < -0.3 is 55.1 Å². The zero-order chi connectivity index (χ0) is 17.4. The monoisotopic (exact) mass is 342 g/mol. The fourth-order valence-electron chi connectivity index (χ4n) is 2.54. The van der Waals surface area contributed by atoms with Gasteiger partial charge in [0.2, 0.25) is 5.79 Å². The van der Waals surface area contributed by atoms with Gasteiger partial charge in [0.25, 0.3) is 0 Å². The van der Waals surface area contributed by atoms with Gasteiger partial charge in [0.15, 0.2) is 6.29 Å². The molecule has 2 heterocycles. The summed E-state index contributed by atoms with van der Waals surface area (Å²) >= 11 is 0. The first-order valence-electron chi connectivity index (χ1n) is 7.04. The standard InChI is InChI=1S/C12H22O11/c13-1-4-6(15)8(17)9(18)11(22-4)21-3-12(20)10(19)7(16)5(2-14)23-12/h4-11,13-20H,1-3H2/t4-,5-,6-,7-,8+,9-,10+,11?,12-/m1/s1. The Bertz CT molecular complexity index is 393. The maximum Gasteiger partial charge on any atom is 0.219 e. The van der Waals surface area contributed by atoms with Gasteiger partial charge in [0.05, 0.1) is 13.2 Å². The fraction of sp³-hybridized carbons (Fsp3) is 1.00. The van der Waals surface area contributed by atoms with Crippen LogP contribution in [-0.4, -0.2) is 115 Å². The number of hydrogen-bond acceptors (Lipinski definition) is 11. The van der Waals surface area contributed by atoms with Crippen molar-refractivity contribution in [3.8, 4) is 0 Å². The highest BCUT2D eigenvalue weighted by atomic mass is 16.7. The van der Waals surface area contributed by atoms with Gasteiger partial charge in [-0.3, -0.25) is 0 Å². The molecule has 11 heteroatoms. The quantitative estimate of drug-likeness (QED) is 0.238. The van der Waals surface area contributed by atoms with E-state index < -0.39 is 74.6 Å². The van der Waals surface area contributed by atoms with Crippen LogP contribution >= 0.6 is 0 Å². The normalized spacial score (nSPS) is 51.1. The van der Waals surface area contributed by atoms with E-state index in [1.165, 1.54) is 0 Å². The molecule has 0 amide bonds. The summed E-state index contributed by atoms with van der Waals surface area (Å²) in [5, 5.41) is 76.5. The van der Waals surface area contributed by atoms with Crippen LogP contribution in [-0.2, 0) is 14.2 Å². The Hall–Kier alpha value is -0.440. The zero-order valence-corrected chi connectivity index (χ0v) is 12.0. The molecule has 2 saturated heterocycles. The van der Waals surface area contributed by atoms with E-state index >= 15 is 0 Å². The summed E-state index contributed by atoms with van der Waals surface area (Å²) in [5.41, 5.74) is 0. The van der Waals surface area contributed by atoms with Gasteiger partial charge in [-0.1, -0.05) is 0 Å². The molecule has 1 unspecified atom stereocenters. The van der Waals surface area contributed by atoms with E-state index in [9.17, 15) is 30.6 Å². The lowest BCUT2D eigenvalue weighted by molar-refractivity contribution is -0.332. The molecule has 9 atom stereocenters. The Labute approximate surface area is 130 Å². The number of aliphatic hydroxyl groups excluding tert-OH is 7. The largest absolute Gasteiger partial charge is 0.394 e. The van der Waals surface area contributed by atoms with Gasteiger partial charge in [-0.15, -0.1) is 0 Å². The highest BCUT2D eigenvalue weighted by Crippen LogP contribution is 2.31. The Morgan fingerprint density at radius 1 is 0.826 bits per heavy atom. The molecular weight excluding hydrogens is 320 g/mol. The van der Waals surface area contributed by atoms with Crippen molar-refractivity contribution >= 4 is 0 Å². The summed E-state index contributed by atoms with van der Waals surface area (Å²) in [5.74, 6) is -2.37. The average Bonchev–Trinajstić information content (AvgIpc) is 2.76. The molecule has 0 spiro atoms. The summed E-state index contributed by atoms with van der Waals surface area (Å²) in [6, 6.07) is 0. The maximum absolute atomic E-state index is 10.1. The molecule has 0 radical (unpaired) electrons. The summed E-state index contributed by atoms with van der Waals surface area (Å²) in [7, 11) is 0. The van der Waals surface area contributed by atoms with Crippen LogP contribution in [0.2, 0.25) is 0 Å². The fourth-order valence-corrected chi connectivity index (χ4v) is 2.54. The Morgan fingerprint density at radius 3 is 1.96 bits per heavy atom. The number of hydrogen-bond donors (Lipinski definition) is 8. The van der Waals surface area contributed by atoms with E-state index in [1.807, 2.05) is 0 Å². The van der Waals surface area contributed by atoms with Crippen molar-refractivity contribution in [2.75, 3.05) is 19.8 Å². The Morgan fingerprint density at radius 2 is 1.43 bits per heavy atom. The second-order valence-corrected chi connectivity index (χ2v) is 5.63. The van der Waals surface area contributed by atoms with Gasteiger partial charge in [-0.2, -0.15) is 0 Å². The third kappa shape index (κ3) is 3.50. The lowest BCUT2D eigenvalue weighted by atomic mass is 9.99. The predicted molar refractivity (Wildman–Crippen MR) is 68.6 cm³/mol. The first-order valence-corrected chi connectivity index (χ1v) is 7.04. The van der Waals surface area contributed by atoms with E-state index in [0.717, 1.165) is 0 Å². The minimum atomic E-state index is -2.37. The minimum absolute atomic E-state index is 0.652. The van der Waals surface area contributed by atoms with Gasteiger partial charge in [0.1, 0.15) is 49.3 Å². The van der Waals surface area contributed by atoms with E-state index in [-0.39, 0.29) is 0 Å². The number of rotatable bonds is 5. The van der Waals surface area contributed by atoms with Gasteiger partial charge in [0, 0.05) is 0 Å². The molecule has 0 aromatic carbocycles. The summed E-state index contributed by atoms with van der Waals surface area (Å²) in [6.07, 6.45) is -12.2. The summed E-state index contributed by atoms with van der Waals surface area (Å²) in [6.45, 7) is -2.08. The second kappa shape index (κ2) is 7.21. The molecular formula is C12H22O11. The highest BCUT2D eigenvalue weighted by molar-refractivity contribution is 4.96. The van der Waals surface area contributed by atoms with Gasteiger partial charge >= 0.3 is 0 Å². The SMILES string of the molecule is OC[C@H]1O[C@](O)(COC2O[C@H](CO)[C@@H](O)[C@H](O)[C@H]2O)[C@@H](O)[C@@H]1O. The molecule has 2 rings (SSSR count). The molecule has 2 fully saturated rings. The van der Waals surface area contributed by atoms with Crippen LogP contribution < -0.4 is 0 Å². The topological polar surface area (TPSA) is 190 Å². The molecule has 0 aromatic heterocycles. The molecule has 0 aliphatic carbocycles. The van der Waals surface area contributed by atoms with Crippen molar-refractivity contribution in [2.45, 2.75) is 54.8 Å². The maximum atomic E-state index is 10.1. The van der Waals surface area contributed by atoms with Crippen molar-refractivity contribution in [1.82, 2.24) is 0 Å². The molecule has 136 valence electrons. The van der Waals surface area contributed by atoms with Crippen LogP contribution in [0.25, 0.3) is 0 Å². The van der Waals surface area contributed by atoms with Crippen LogP contribution in [0.15, 0.2) is 0 Å². The van der Waals surface area contributed by atoms with Crippen molar-refractivity contribution in [1.29, 1.82) is 0 Å². The van der Waals surface area contributed by atoms with Crippen molar-refractivity contribution in [3.05, 3.63) is 0 Å². The van der Waals surface area contributed by atoms with E-state index in [4.69, 9.17) is 24.4 Å². The molecule has 0 bridgehead atoms. The Balaban J connectivity index is 1.99. The van der Waals surface area contributed by atoms with Crippen LogP contribution in [0.5, 0.6) is 0 Å². The third-order valence-electron chi connectivity index (χ3n) is 4.00. The molecule has 2 aliphatic heterocycles. The predicted octanol–water partition coefficient (Wildman–Crippen LogP) is -5.40. The highest BCUT2D eigenvalue weighted by Gasteiger charge is 2.54. The molecule has 8 N–H and O–H groups in total. The smallest absolute Gasteiger partial charge is 0.219 e. The molecule has 0 aromatic rings. The number of ether oxygens (including phenoxy) is 3. The summed E-state index contributed by atoms with van der Waals surface area (Å²) < 4.78 is 15.1. The van der Waals surface area contributed by atoms with Crippen LogP contribution in [0.4, 0.5) is 0 Å². The molecule has 23 heavy (non-hydrogen) atoms. The lowest BCUT2D eigenvalue weighted by Gasteiger charge is -2.40. The number of aliphatic hydroxyl groups is 8. The van der Waals surface area contributed by atoms with Gasteiger partial charge in [-0.05, 0) is 0 Å². The van der Waals surface area contributed by atoms with Crippen LogP contribution in [0, 0.1) is 0 Å². The van der Waals surface area contributed by atoms with E-state index in [0.29, 0.717) is 0 Å². The van der Waals surface area contributed by atoms with Crippen molar-refractivity contribution in [3.63, 3.8) is 0 Å². The molecule has 0 saturated carbocycles. The minimum Gasteiger partial charge on any atom is -0.394 e. The zero-order valence-electron chi connectivity index (χ0n) is 12.0. The first-order chi connectivity index (χ1) is 10.7.